The van der Waals surface area contributed by atoms with Crippen molar-refractivity contribution in [3.63, 3.8) is 0 Å². The lowest BCUT2D eigenvalue weighted by Crippen LogP contribution is -2.28. The SMILES string of the molecule is CCNCc1cc(CN2CCC=C(C)C2)c(C)o1. The molecule has 0 spiro atoms. The zero-order valence-electron chi connectivity index (χ0n) is 11.8. The summed E-state index contributed by atoms with van der Waals surface area (Å²) in [4.78, 5) is 2.49. The van der Waals surface area contributed by atoms with E-state index in [9.17, 15) is 0 Å². The molecule has 2 heterocycles. The maximum absolute atomic E-state index is 5.78. The molecular formula is C15H24N2O. The van der Waals surface area contributed by atoms with Gasteiger partial charge in [-0.15, -0.1) is 0 Å². The van der Waals surface area contributed by atoms with Gasteiger partial charge in [0, 0.05) is 25.2 Å². The Morgan fingerprint density at radius 2 is 2.22 bits per heavy atom. The molecule has 0 amide bonds. The van der Waals surface area contributed by atoms with Crippen molar-refractivity contribution in [2.24, 2.45) is 0 Å². The molecule has 1 aliphatic heterocycles. The van der Waals surface area contributed by atoms with Crippen LogP contribution in [0.4, 0.5) is 0 Å². The van der Waals surface area contributed by atoms with Crippen molar-refractivity contribution < 1.29 is 4.42 Å². The Morgan fingerprint density at radius 1 is 1.39 bits per heavy atom. The predicted octanol–water partition coefficient (Wildman–Crippen LogP) is 2.85. The molecule has 0 fully saturated rings. The summed E-state index contributed by atoms with van der Waals surface area (Å²) < 4.78 is 5.78. The Morgan fingerprint density at radius 3 is 2.94 bits per heavy atom. The summed E-state index contributed by atoms with van der Waals surface area (Å²) >= 11 is 0. The van der Waals surface area contributed by atoms with E-state index in [0.29, 0.717) is 0 Å². The van der Waals surface area contributed by atoms with E-state index in [0.717, 1.165) is 44.2 Å². The van der Waals surface area contributed by atoms with Gasteiger partial charge in [-0.1, -0.05) is 18.6 Å². The number of nitrogens with one attached hydrogen (secondary N) is 1. The zero-order valence-corrected chi connectivity index (χ0v) is 11.8. The van der Waals surface area contributed by atoms with Crippen LogP contribution in [0.5, 0.6) is 0 Å². The molecule has 3 nitrogen and oxygen atoms in total. The van der Waals surface area contributed by atoms with Gasteiger partial charge in [0.15, 0.2) is 0 Å². The minimum absolute atomic E-state index is 0.830. The van der Waals surface area contributed by atoms with Crippen molar-refractivity contribution in [1.29, 1.82) is 0 Å². The van der Waals surface area contributed by atoms with E-state index < -0.39 is 0 Å². The first-order valence-corrected chi connectivity index (χ1v) is 6.86. The van der Waals surface area contributed by atoms with E-state index in [-0.39, 0.29) is 0 Å². The second-order valence-corrected chi connectivity index (χ2v) is 5.12. The van der Waals surface area contributed by atoms with Crippen LogP contribution in [0.15, 0.2) is 22.1 Å². The van der Waals surface area contributed by atoms with Gasteiger partial charge in [0.2, 0.25) is 0 Å². The number of nitrogens with zero attached hydrogens (tertiary/aromatic N) is 1. The average Bonchev–Trinajstić information content (AvgIpc) is 2.68. The number of hydrogen-bond acceptors (Lipinski definition) is 3. The van der Waals surface area contributed by atoms with Gasteiger partial charge >= 0.3 is 0 Å². The Kier molecular flexibility index (Phi) is 4.61. The quantitative estimate of drug-likeness (QED) is 0.812. The van der Waals surface area contributed by atoms with Crippen LogP contribution in [-0.2, 0) is 13.1 Å². The van der Waals surface area contributed by atoms with Crippen LogP contribution in [-0.4, -0.2) is 24.5 Å². The van der Waals surface area contributed by atoms with Gasteiger partial charge in [0.1, 0.15) is 11.5 Å². The van der Waals surface area contributed by atoms with Crippen LogP contribution in [0.1, 0.15) is 37.4 Å². The third-order valence-electron chi connectivity index (χ3n) is 3.43. The summed E-state index contributed by atoms with van der Waals surface area (Å²) in [6, 6.07) is 2.20. The lowest BCUT2D eigenvalue weighted by atomic mass is 10.1. The van der Waals surface area contributed by atoms with Crippen LogP contribution >= 0.6 is 0 Å². The predicted molar refractivity (Wildman–Crippen MR) is 74.5 cm³/mol. The highest BCUT2D eigenvalue weighted by atomic mass is 16.3. The first-order valence-electron chi connectivity index (χ1n) is 6.86. The molecule has 0 bridgehead atoms. The molecule has 3 heteroatoms. The van der Waals surface area contributed by atoms with E-state index in [4.69, 9.17) is 4.42 Å². The average molecular weight is 248 g/mol. The molecule has 0 aliphatic carbocycles. The second kappa shape index (κ2) is 6.21. The normalized spacial score (nSPS) is 16.9. The van der Waals surface area contributed by atoms with Crippen LogP contribution in [0, 0.1) is 6.92 Å². The third kappa shape index (κ3) is 3.47. The molecule has 0 aromatic carbocycles. The Labute approximate surface area is 110 Å². The van der Waals surface area contributed by atoms with Crippen molar-refractivity contribution in [2.45, 2.75) is 40.3 Å². The van der Waals surface area contributed by atoms with E-state index >= 15 is 0 Å². The molecule has 0 atom stereocenters. The molecule has 0 radical (unpaired) electrons. The molecule has 0 saturated carbocycles. The minimum atomic E-state index is 0.830. The van der Waals surface area contributed by atoms with Crippen LogP contribution < -0.4 is 5.32 Å². The summed E-state index contributed by atoms with van der Waals surface area (Å²) in [7, 11) is 0. The van der Waals surface area contributed by atoms with Gasteiger partial charge in [-0.2, -0.15) is 0 Å². The van der Waals surface area contributed by atoms with Gasteiger partial charge in [-0.3, -0.25) is 4.90 Å². The van der Waals surface area contributed by atoms with E-state index in [1.807, 2.05) is 0 Å². The lowest BCUT2D eigenvalue weighted by molar-refractivity contribution is 0.280. The number of furan rings is 1. The maximum atomic E-state index is 5.78. The minimum Gasteiger partial charge on any atom is -0.465 e. The van der Waals surface area contributed by atoms with Gasteiger partial charge in [-0.25, -0.2) is 0 Å². The standard InChI is InChI=1S/C15H24N2O/c1-4-16-9-15-8-14(13(3)18-15)11-17-7-5-6-12(2)10-17/h6,8,16H,4-5,7,9-11H2,1-3H3. The van der Waals surface area contributed by atoms with Gasteiger partial charge in [0.05, 0.1) is 6.54 Å². The summed E-state index contributed by atoms with van der Waals surface area (Å²) in [6.07, 6.45) is 3.52. The van der Waals surface area contributed by atoms with Crippen molar-refractivity contribution in [1.82, 2.24) is 10.2 Å². The molecule has 1 aliphatic rings. The molecule has 1 aromatic heterocycles. The van der Waals surface area contributed by atoms with Crippen molar-refractivity contribution >= 4 is 0 Å². The fourth-order valence-corrected chi connectivity index (χ4v) is 2.45. The van der Waals surface area contributed by atoms with Gasteiger partial charge < -0.3 is 9.73 Å². The first kappa shape index (κ1) is 13.4. The smallest absolute Gasteiger partial charge is 0.118 e. The maximum Gasteiger partial charge on any atom is 0.118 e. The lowest BCUT2D eigenvalue weighted by Gasteiger charge is -2.25. The van der Waals surface area contributed by atoms with Crippen molar-refractivity contribution in [3.05, 3.63) is 34.8 Å². The third-order valence-corrected chi connectivity index (χ3v) is 3.43. The fourth-order valence-electron chi connectivity index (χ4n) is 2.45. The Balaban J connectivity index is 1.96. The van der Waals surface area contributed by atoms with E-state index in [1.54, 1.807) is 0 Å². The van der Waals surface area contributed by atoms with Crippen LogP contribution in [0.3, 0.4) is 0 Å². The zero-order chi connectivity index (χ0) is 13.0. The molecule has 2 rings (SSSR count). The highest BCUT2D eigenvalue weighted by molar-refractivity contribution is 5.21. The molecule has 100 valence electrons. The molecule has 1 N–H and O–H groups in total. The Bertz CT molecular complexity index is 420. The van der Waals surface area contributed by atoms with E-state index in [2.05, 4.69) is 43.1 Å². The molecule has 1 aromatic rings. The fraction of sp³-hybridized carbons (Fsp3) is 0.600. The van der Waals surface area contributed by atoms with Gasteiger partial charge in [-0.05, 0) is 32.9 Å². The summed E-state index contributed by atoms with van der Waals surface area (Å²) in [5.41, 5.74) is 2.81. The highest BCUT2D eigenvalue weighted by Crippen LogP contribution is 2.19. The van der Waals surface area contributed by atoms with Crippen LogP contribution in [0.2, 0.25) is 0 Å². The monoisotopic (exact) mass is 248 g/mol. The topological polar surface area (TPSA) is 28.4 Å². The van der Waals surface area contributed by atoms with Crippen molar-refractivity contribution in [3.8, 4) is 0 Å². The molecule has 18 heavy (non-hydrogen) atoms. The highest BCUT2D eigenvalue weighted by Gasteiger charge is 2.14. The molecular weight excluding hydrogens is 224 g/mol. The first-order chi connectivity index (χ1) is 8.69. The summed E-state index contributed by atoms with van der Waals surface area (Å²) in [5.74, 6) is 2.11. The molecule has 0 saturated heterocycles. The second-order valence-electron chi connectivity index (χ2n) is 5.12. The Hall–Kier alpha value is -1.06. The van der Waals surface area contributed by atoms with E-state index in [1.165, 1.54) is 17.6 Å². The molecule has 0 unspecified atom stereocenters. The van der Waals surface area contributed by atoms with Crippen molar-refractivity contribution in [2.75, 3.05) is 19.6 Å². The number of rotatable bonds is 5. The number of hydrogen-bond donors (Lipinski definition) is 1. The number of aryl methyl sites for hydroxylation is 1. The van der Waals surface area contributed by atoms with Gasteiger partial charge in [0.25, 0.3) is 0 Å². The summed E-state index contributed by atoms with van der Waals surface area (Å²) in [6.45, 7) is 11.5. The van der Waals surface area contributed by atoms with Crippen LogP contribution in [0.25, 0.3) is 0 Å². The summed E-state index contributed by atoms with van der Waals surface area (Å²) in [5, 5.41) is 3.30. The largest absolute Gasteiger partial charge is 0.465 e.